The maximum atomic E-state index is 13.0. The summed E-state index contributed by atoms with van der Waals surface area (Å²) in [6, 6.07) is 5.88. The molecule has 2 aromatic heterocycles. The fourth-order valence-electron chi connectivity index (χ4n) is 2.43. The van der Waals surface area contributed by atoms with Gasteiger partial charge in [-0.15, -0.1) is 11.3 Å². The molecule has 2 N–H and O–H groups in total. The molecule has 0 amide bonds. The molecule has 0 fully saturated rings. The molecule has 32 heavy (non-hydrogen) atoms. The number of anilines is 2. The smallest absolute Gasteiger partial charge is 0.368 e. The molecule has 0 spiro atoms. The van der Waals surface area contributed by atoms with E-state index in [1.165, 1.54) is 24.3 Å². The number of halogens is 9. The number of hydrogen-bond donors (Lipinski definition) is 2. The van der Waals surface area contributed by atoms with Gasteiger partial charge in [-0.1, -0.05) is 12.1 Å². The molecule has 2 heterocycles. The minimum atomic E-state index is -6.08. The monoisotopic (exact) mass is 488 g/mol. The predicted molar refractivity (Wildman–Crippen MR) is 93.9 cm³/mol. The van der Waals surface area contributed by atoms with Crippen LogP contribution in [0.15, 0.2) is 42.7 Å². The van der Waals surface area contributed by atoms with Gasteiger partial charge in [-0.3, -0.25) is 0 Å². The molecule has 5 nitrogen and oxygen atoms in total. The van der Waals surface area contributed by atoms with Crippen molar-refractivity contribution in [3.8, 4) is 10.4 Å². The number of benzene rings is 1. The summed E-state index contributed by atoms with van der Waals surface area (Å²) in [4.78, 5) is 9.86. The van der Waals surface area contributed by atoms with E-state index in [0.717, 1.165) is 6.20 Å². The van der Waals surface area contributed by atoms with E-state index < -0.39 is 40.8 Å². The Bertz CT molecular complexity index is 1090. The molecular formula is C17H9F9N4OS. The van der Waals surface area contributed by atoms with Gasteiger partial charge in [0, 0.05) is 18.1 Å². The zero-order valence-electron chi connectivity index (χ0n) is 15.1. The summed E-state index contributed by atoms with van der Waals surface area (Å²) >= 11 is -0.0414. The molecule has 0 atom stereocenters. The fraction of sp³-hybridized carbons (Fsp3) is 0.235. The van der Waals surface area contributed by atoms with Crippen LogP contribution in [-0.2, 0) is 11.8 Å². The van der Waals surface area contributed by atoms with Crippen molar-refractivity contribution in [2.24, 2.45) is 0 Å². The zero-order valence-corrected chi connectivity index (χ0v) is 16.0. The average molecular weight is 488 g/mol. The van der Waals surface area contributed by atoms with Gasteiger partial charge in [0.05, 0.1) is 4.88 Å². The molecule has 0 saturated heterocycles. The standard InChI is InChI=1S/C17H9F9N4OS/c18-15(19,20)11-4-5-27-13(30-11)29-9-3-1-2-8(6-9)10-7-28-12(32-10)14(31,16(21,22)23)17(24,25)26/h1-7,31H,(H,27,29,30). The van der Waals surface area contributed by atoms with Crippen molar-refractivity contribution >= 4 is 23.0 Å². The minimum absolute atomic E-state index is 0.0414. The van der Waals surface area contributed by atoms with E-state index in [1.54, 1.807) is 0 Å². The summed E-state index contributed by atoms with van der Waals surface area (Å²) in [6.07, 6.45) is -15.3. The third-order valence-corrected chi connectivity index (χ3v) is 5.14. The topological polar surface area (TPSA) is 70.9 Å². The normalized spacial score (nSPS) is 13.3. The Morgan fingerprint density at radius 2 is 1.53 bits per heavy atom. The first kappa shape index (κ1) is 23.7. The highest BCUT2D eigenvalue weighted by atomic mass is 32.1. The zero-order chi connectivity index (χ0) is 23.9. The lowest BCUT2D eigenvalue weighted by atomic mass is 10.0. The Balaban J connectivity index is 1.93. The third kappa shape index (κ3) is 4.48. The summed E-state index contributed by atoms with van der Waals surface area (Å²) in [6.45, 7) is 0. The lowest BCUT2D eigenvalue weighted by Crippen LogP contribution is -2.53. The second-order valence-electron chi connectivity index (χ2n) is 6.20. The van der Waals surface area contributed by atoms with Gasteiger partial charge in [0.25, 0.3) is 0 Å². The van der Waals surface area contributed by atoms with Crippen LogP contribution in [0.3, 0.4) is 0 Å². The lowest BCUT2D eigenvalue weighted by Gasteiger charge is -2.30. The molecule has 15 heteroatoms. The SMILES string of the molecule is OC(c1ncc(-c2cccc(Nc3nccc(C(F)(F)F)n3)c2)s1)(C(F)(F)F)C(F)(F)F. The molecule has 0 aliphatic carbocycles. The van der Waals surface area contributed by atoms with Crippen molar-refractivity contribution < 1.29 is 44.6 Å². The summed E-state index contributed by atoms with van der Waals surface area (Å²) in [5, 5.41) is 10.3. The average Bonchev–Trinajstić information content (AvgIpc) is 3.16. The molecule has 0 unspecified atom stereocenters. The van der Waals surface area contributed by atoms with E-state index in [9.17, 15) is 44.6 Å². The second kappa shape index (κ2) is 7.88. The Morgan fingerprint density at radius 1 is 0.875 bits per heavy atom. The van der Waals surface area contributed by atoms with Crippen LogP contribution in [0.25, 0.3) is 10.4 Å². The van der Waals surface area contributed by atoms with E-state index >= 15 is 0 Å². The Hall–Kier alpha value is -2.94. The van der Waals surface area contributed by atoms with E-state index in [-0.39, 0.29) is 27.5 Å². The van der Waals surface area contributed by atoms with Crippen molar-refractivity contribution in [2.45, 2.75) is 24.1 Å². The van der Waals surface area contributed by atoms with Crippen LogP contribution in [0.1, 0.15) is 10.7 Å². The molecule has 0 aliphatic rings. The lowest BCUT2D eigenvalue weighted by molar-refractivity contribution is -0.376. The summed E-state index contributed by atoms with van der Waals surface area (Å²) in [7, 11) is 0. The summed E-state index contributed by atoms with van der Waals surface area (Å²) < 4.78 is 116. The maximum Gasteiger partial charge on any atom is 0.433 e. The van der Waals surface area contributed by atoms with E-state index in [1.807, 2.05) is 0 Å². The largest absolute Gasteiger partial charge is 0.433 e. The van der Waals surface area contributed by atoms with Gasteiger partial charge in [0.2, 0.25) is 5.95 Å². The van der Waals surface area contributed by atoms with Gasteiger partial charge in [-0.05, 0) is 23.8 Å². The van der Waals surface area contributed by atoms with Crippen molar-refractivity contribution in [1.29, 1.82) is 0 Å². The first-order chi connectivity index (χ1) is 14.6. The van der Waals surface area contributed by atoms with Crippen LogP contribution in [-0.4, -0.2) is 32.4 Å². The molecule has 0 bridgehead atoms. The quantitative estimate of drug-likeness (QED) is 0.463. The Labute approximate surface area is 176 Å². The van der Waals surface area contributed by atoms with Crippen LogP contribution < -0.4 is 5.32 Å². The fourth-order valence-corrected chi connectivity index (χ4v) is 3.48. The number of nitrogens with one attached hydrogen (secondary N) is 1. The van der Waals surface area contributed by atoms with Crippen molar-refractivity contribution in [1.82, 2.24) is 15.0 Å². The number of alkyl halides is 9. The van der Waals surface area contributed by atoms with E-state index in [4.69, 9.17) is 0 Å². The highest BCUT2D eigenvalue weighted by molar-refractivity contribution is 7.15. The summed E-state index contributed by atoms with van der Waals surface area (Å²) in [5.41, 5.74) is -6.21. The first-order valence-electron chi connectivity index (χ1n) is 8.23. The van der Waals surface area contributed by atoms with Crippen LogP contribution >= 0.6 is 11.3 Å². The van der Waals surface area contributed by atoms with Crippen LogP contribution in [0.2, 0.25) is 0 Å². The van der Waals surface area contributed by atoms with E-state index in [0.29, 0.717) is 12.3 Å². The first-order valence-corrected chi connectivity index (χ1v) is 9.04. The molecule has 3 rings (SSSR count). The molecule has 3 aromatic rings. The van der Waals surface area contributed by atoms with Crippen molar-refractivity contribution in [3.05, 3.63) is 53.4 Å². The highest BCUT2D eigenvalue weighted by Crippen LogP contribution is 2.51. The minimum Gasteiger partial charge on any atom is -0.368 e. The van der Waals surface area contributed by atoms with Crippen molar-refractivity contribution in [3.63, 3.8) is 0 Å². The maximum absolute atomic E-state index is 13.0. The van der Waals surface area contributed by atoms with Gasteiger partial charge >= 0.3 is 24.1 Å². The van der Waals surface area contributed by atoms with Gasteiger partial charge in [0.15, 0.2) is 0 Å². The second-order valence-corrected chi connectivity index (χ2v) is 7.24. The third-order valence-electron chi connectivity index (χ3n) is 3.98. The Morgan fingerprint density at radius 3 is 2.12 bits per heavy atom. The van der Waals surface area contributed by atoms with Gasteiger partial charge in [0.1, 0.15) is 10.7 Å². The van der Waals surface area contributed by atoms with Crippen LogP contribution in [0, 0.1) is 0 Å². The number of aromatic nitrogens is 3. The van der Waals surface area contributed by atoms with E-state index in [2.05, 4.69) is 20.3 Å². The molecule has 1 aromatic carbocycles. The molecule has 0 saturated carbocycles. The number of thiazole rings is 1. The highest BCUT2D eigenvalue weighted by Gasteiger charge is 2.73. The Kier molecular flexibility index (Phi) is 5.84. The number of rotatable bonds is 4. The predicted octanol–water partition coefficient (Wildman–Crippen LogP) is 5.67. The number of hydrogen-bond acceptors (Lipinski definition) is 6. The molecule has 0 aliphatic heterocycles. The van der Waals surface area contributed by atoms with Crippen molar-refractivity contribution in [2.75, 3.05) is 5.32 Å². The van der Waals surface area contributed by atoms with Crippen LogP contribution in [0.5, 0.6) is 0 Å². The van der Waals surface area contributed by atoms with Gasteiger partial charge in [-0.2, -0.15) is 39.5 Å². The molecular weight excluding hydrogens is 479 g/mol. The molecule has 0 radical (unpaired) electrons. The number of aliphatic hydroxyl groups is 1. The van der Waals surface area contributed by atoms with Gasteiger partial charge < -0.3 is 10.4 Å². The molecule has 172 valence electrons. The van der Waals surface area contributed by atoms with Crippen LogP contribution in [0.4, 0.5) is 51.1 Å². The number of nitrogens with zero attached hydrogens (tertiary/aromatic N) is 3. The summed E-state index contributed by atoms with van der Waals surface area (Å²) in [5.74, 6) is -0.439. The van der Waals surface area contributed by atoms with Gasteiger partial charge in [-0.25, -0.2) is 15.0 Å².